The Labute approximate surface area is 86.1 Å². The molecule has 0 saturated carbocycles. The lowest BCUT2D eigenvalue weighted by Crippen LogP contribution is -2.55. The van der Waals surface area contributed by atoms with Crippen molar-refractivity contribution < 1.29 is 4.79 Å². The van der Waals surface area contributed by atoms with Gasteiger partial charge in [0.05, 0.1) is 0 Å². The van der Waals surface area contributed by atoms with Crippen LogP contribution in [0.1, 0.15) is 26.2 Å². The molecule has 2 fully saturated rings. The molecule has 2 saturated heterocycles. The fourth-order valence-corrected chi connectivity index (χ4v) is 2.88. The summed E-state index contributed by atoms with van der Waals surface area (Å²) in [5.41, 5.74) is 0.470. The predicted octanol–water partition coefficient (Wildman–Crippen LogP) is 0.951. The number of rotatable bonds is 2. The van der Waals surface area contributed by atoms with E-state index in [0.29, 0.717) is 11.3 Å². The zero-order valence-corrected chi connectivity index (χ0v) is 9.25. The van der Waals surface area contributed by atoms with Gasteiger partial charge in [0.2, 0.25) is 5.91 Å². The Morgan fingerprint density at radius 1 is 1.36 bits per heavy atom. The van der Waals surface area contributed by atoms with Crippen molar-refractivity contribution in [2.45, 2.75) is 26.2 Å². The van der Waals surface area contributed by atoms with Crippen molar-refractivity contribution in [2.24, 2.45) is 5.41 Å². The molecule has 0 aromatic carbocycles. The van der Waals surface area contributed by atoms with Gasteiger partial charge in [-0.1, -0.05) is 6.92 Å². The second-order valence-electron chi connectivity index (χ2n) is 4.99. The number of carbonyl (C=O) groups excluding carboxylic acids is 1. The van der Waals surface area contributed by atoms with Crippen LogP contribution in [0.2, 0.25) is 0 Å². The lowest BCUT2D eigenvalue weighted by Gasteiger charge is -2.46. The Balaban J connectivity index is 1.86. The highest BCUT2D eigenvalue weighted by Crippen LogP contribution is 2.38. The molecule has 3 nitrogen and oxygen atoms in total. The topological polar surface area (TPSA) is 23.6 Å². The SMILES string of the molecule is CCCC(=O)N1CCC2(CN(C)C2)C1. The van der Waals surface area contributed by atoms with Crippen LogP contribution in [0.25, 0.3) is 0 Å². The fraction of sp³-hybridized carbons (Fsp3) is 0.909. The molecule has 14 heavy (non-hydrogen) atoms. The van der Waals surface area contributed by atoms with E-state index < -0.39 is 0 Å². The smallest absolute Gasteiger partial charge is 0.222 e. The summed E-state index contributed by atoms with van der Waals surface area (Å²) in [6, 6.07) is 0. The Morgan fingerprint density at radius 3 is 2.64 bits per heavy atom. The number of hydrogen-bond donors (Lipinski definition) is 0. The first-order valence-corrected chi connectivity index (χ1v) is 5.61. The van der Waals surface area contributed by atoms with E-state index in [-0.39, 0.29) is 0 Å². The van der Waals surface area contributed by atoms with Gasteiger partial charge in [-0.25, -0.2) is 0 Å². The molecule has 0 N–H and O–H groups in total. The molecule has 0 atom stereocenters. The molecule has 0 unspecified atom stereocenters. The molecule has 0 aromatic rings. The molecule has 1 spiro atoms. The normalized spacial score (nSPS) is 25.4. The molecule has 2 heterocycles. The maximum atomic E-state index is 11.7. The van der Waals surface area contributed by atoms with Gasteiger partial charge in [-0.3, -0.25) is 4.79 Å². The highest BCUT2D eigenvalue weighted by Gasteiger charge is 2.46. The summed E-state index contributed by atoms with van der Waals surface area (Å²) < 4.78 is 0. The van der Waals surface area contributed by atoms with Crippen LogP contribution in [-0.4, -0.2) is 48.9 Å². The highest BCUT2D eigenvalue weighted by molar-refractivity contribution is 5.76. The molecule has 2 rings (SSSR count). The zero-order chi connectivity index (χ0) is 10.2. The molecule has 3 heteroatoms. The summed E-state index contributed by atoms with van der Waals surface area (Å²) in [5, 5.41) is 0. The summed E-state index contributed by atoms with van der Waals surface area (Å²) in [5.74, 6) is 0.360. The van der Waals surface area contributed by atoms with Crippen molar-refractivity contribution in [2.75, 3.05) is 33.2 Å². The lowest BCUT2D eigenvalue weighted by molar-refractivity contribution is -0.131. The Kier molecular flexibility index (Phi) is 2.52. The van der Waals surface area contributed by atoms with Crippen molar-refractivity contribution >= 4 is 5.91 Å². The number of carbonyl (C=O) groups is 1. The van der Waals surface area contributed by atoms with Crippen LogP contribution < -0.4 is 0 Å². The Bertz CT molecular complexity index is 233. The van der Waals surface area contributed by atoms with Crippen LogP contribution in [0.15, 0.2) is 0 Å². The minimum absolute atomic E-state index is 0.360. The van der Waals surface area contributed by atoms with Crippen molar-refractivity contribution in [3.8, 4) is 0 Å². The second kappa shape index (κ2) is 3.54. The maximum absolute atomic E-state index is 11.7. The zero-order valence-electron chi connectivity index (χ0n) is 9.25. The van der Waals surface area contributed by atoms with Gasteiger partial charge in [-0.05, 0) is 19.9 Å². The van der Waals surface area contributed by atoms with E-state index in [4.69, 9.17) is 0 Å². The van der Waals surface area contributed by atoms with Gasteiger partial charge in [0.15, 0.2) is 0 Å². The number of hydrogen-bond acceptors (Lipinski definition) is 2. The van der Waals surface area contributed by atoms with Gasteiger partial charge in [0.1, 0.15) is 0 Å². The lowest BCUT2D eigenvalue weighted by atomic mass is 9.79. The first-order valence-electron chi connectivity index (χ1n) is 5.61. The fourth-order valence-electron chi connectivity index (χ4n) is 2.88. The molecule has 80 valence electrons. The molecule has 1 amide bonds. The van der Waals surface area contributed by atoms with Crippen LogP contribution in [0.3, 0.4) is 0 Å². The summed E-state index contributed by atoms with van der Waals surface area (Å²) in [7, 11) is 2.15. The van der Waals surface area contributed by atoms with E-state index in [1.165, 1.54) is 19.5 Å². The van der Waals surface area contributed by atoms with Crippen LogP contribution in [0.5, 0.6) is 0 Å². The largest absolute Gasteiger partial charge is 0.342 e. The third-order valence-electron chi connectivity index (χ3n) is 3.47. The average molecular weight is 196 g/mol. The third kappa shape index (κ3) is 1.65. The van der Waals surface area contributed by atoms with Gasteiger partial charge in [0.25, 0.3) is 0 Å². The van der Waals surface area contributed by atoms with Gasteiger partial charge in [0, 0.05) is 38.0 Å². The van der Waals surface area contributed by atoms with Gasteiger partial charge in [-0.2, -0.15) is 0 Å². The van der Waals surface area contributed by atoms with Gasteiger partial charge < -0.3 is 9.80 Å². The van der Waals surface area contributed by atoms with Crippen LogP contribution in [-0.2, 0) is 4.79 Å². The van der Waals surface area contributed by atoms with Crippen molar-refractivity contribution in [1.82, 2.24) is 9.80 Å². The molecular weight excluding hydrogens is 176 g/mol. The summed E-state index contributed by atoms with van der Waals surface area (Å²) >= 11 is 0. The van der Waals surface area contributed by atoms with Crippen LogP contribution in [0.4, 0.5) is 0 Å². The Morgan fingerprint density at radius 2 is 2.07 bits per heavy atom. The quantitative estimate of drug-likeness (QED) is 0.656. The first kappa shape index (κ1) is 9.97. The third-order valence-corrected chi connectivity index (χ3v) is 3.47. The minimum Gasteiger partial charge on any atom is -0.342 e. The van der Waals surface area contributed by atoms with E-state index in [9.17, 15) is 4.79 Å². The standard InChI is InChI=1S/C11H20N2O/c1-3-4-10(14)13-6-5-11(9-13)7-12(2)8-11/h3-9H2,1-2H3. The summed E-state index contributed by atoms with van der Waals surface area (Å²) in [6.07, 6.45) is 2.92. The molecule has 0 radical (unpaired) electrons. The average Bonchev–Trinajstić information content (AvgIpc) is 2.49. The molecule has 0 aromatic heterocycles. The maximum Gasteiger partial charge on any atom is 0.222 e. The summed E-state index contributed by atoms with van der Waals surface area (Å²) in [4.78, 5) is 16.1. The van der Waals surface area contributed by atoms with E-state index >= 15 is 0 Å². The van der Waals surface area contributed by atoms with Gasteiger partial charge >= 0.3 is 0 Å². The monoisotopic (exact) mass is 196 g/mol. The Hall–Kier alpha value is -0.570. The molecule has 2 aliphatic heterocycles. The summed E-state index contributed by atoms with van der Waals surface area (Å²) in [6.45, 7) is 6.44. The molecule has 2 aliphatic rings. The first-order chi connectivity index (χ1) is 6.65. The van der Waals surface area contributed by atoms with E-state index in [2.05, 4.69) is 23.8 Å². The van der Waals surface area contributed by atoms with Crippen LogP contribution >= 0.6 is 0 Å². The van der Waals surface area contributed by atoms with Gasteiger partial charge in [-0.15, -0.1) is 0 Å². The highest BCUT2D eigenvalue weighted by atomic mass is 16.2. The van der Waals surface area contributed by atoms with E-state index in [1.54, 1.807) is 0 Å². The van der Waals surface area contributed by atoms with Crippen molar-refractivity contribution in [3.63, 3.8) is 0 Å². The molecular formula is C11H20N2O. The molecule has 0 aliphatic carbocycles. The number of amides is 1. The minimum atomic E-state index is 0.360. The van der Waals surface area contributed by atoms with E-state index in [0.717, 1.165) is 25.9 Å². The second-order valence-corrected chi connectivity index (χ2v) is 4.99. The van der Waals surface area contributed by atoms with Crippen molar-refractivity contribution in [3.05, 3.63) is 0 Å². The van der Waals surface area contributed by atoms with Crippen molar-refractivity contribution in [1.29, 1.82) is 0 Å². The van der Waals surface area contributed by atoms with Crippen LogP contribution in [0, 0.1) is 5.41 Å². The number of nitrogens with zero attached hydrogens (tertiary/aromatic N) is 2. The molecule has 0 bridgehead atoms. The predicted molar refractivity (Wildman–Crippen MR) is 56.0 cm³/mol. The van der Waals surface area contributed by atoms with E-state index in [1.807, 2.05) is 0 Å². The number of likely N-dealkylation sites (tertiary alicyclic amines) is 2.